The zero-order valence-electron chi connectivity index (χ0n) is 11.2. The molecule has 7 heteroatoms. The van der Waals surface area contributed by atoms with Crippen LogP contribution in [0.4, 0.5) is 17.6 Å². The lowest BCUT2D eigenvalue weighted by Gasteiger charge is -2.16. The Bertz CT molecular complexity index is 703. The molecule has 0 aliphatic carbocycles. The van der Waals surface area contributed by atoms with E-state index in [2.05, 4.69) is 0 Å². The van der Waals surface area contributed by atoms with Crippen molar-refractivity contribution >= 4 is 11.8 Å². The number of alkyl halides is 2. The van der Waals surface area contributed by atoms with Gasteiger partial charge >= 0.3 is 0 Å². The molecule has 1 heterocycles. The summed E-state index contributed by atoms with van der Waals surface area (Å²) in [6.07, 6.45) is -2.80. The van der Waals surface area contributed by atoms with E-state index in [1.54, 1.807) is 6.07 Å². The first-order valence-electron chi connectivity index (χ1n) is 6.43. The topological polar surface area (TPSA) is 35.2 Å². The first-order valence-corrected chi connectivity index (χ1v) is 7.41. The summed E-state index contributed by atoms with van der Waals surface area (Å²) in [5.41, 5.74) is 5.89. The van der Waals surface area contributed by atoms with Crippen LogP contribution in [0.25, 0.3) is 0 Å². The molecule has 1 aliphatic heterocycles. The molecule has 0 saturated heterocycles. The molecule has 2 aromatic rings. The minimum absolute atomic E-state index is 0.142. The molecule has 1 atom stereocenters. The molecule has 22 heavy (non-hydrogen) atoms. The van der Waals surface area contributed by atoms with Crippen molar-refractivity contribution in [2.75, 3.05) is 5.75 Å². The largest absolute Gasteiger partial charge is 0.457 e. The number of rotatable bonds is 3. The molecule has 0 radical (unpaired) electrons. The van der Waals surface area contributed by atoms with Gasteiger partial charge in [0.15, 0.2) is 0 Å². The predicted octanol–water partition coefficient (Wildman–Crippen LogP) is 4.80. The van der Waals surface area contributed by atoms with Crippen molar-refractivity contribution in [3.8, 4) is 11.5 Å². The third kappa shape index (κ3) is 2.78. The Kier molecular flexibility index (Phi) is 4.01. The highest BCUT2D eigenvalue weighted by Gasteiger charge is 2.30. The lowest BCUT2D eigenvalue weighted by molar-refractivity contribution is 0.146. The smallest absolute Gasteiger partial charge is 0.267 e. The lowest BCUT2D eigenvalue weighted by atomic mass is 10.0. The highest BCUT2D eigenvalue weighted by atomic mass is 32.2. The summed E-state index contributed by atoms with van der Waals surface area (Å²) >= 11 is 1.39. The Hall–Kier alpha value is -1.73. The van der Waals surface area contributed by atoms with E-state index >= 15 is 0 Å². The number of thioether (sulfide) groups is 1. The number of halogens is 4. The Balaban J connectivity index is 2.06. The number of nitrogens with two attached hydrogens (primary N) is 1. The predicted molar refractivity (Wildman–Crippen MR) is 75.5 cm³/mol. The molecule has 116 valence electrons. The van der Waals surface area contributed by atoms with Crippen LogP contribution in [0.15, 0.2) is 35.2 Å². The molecular formula is C15H11F4NOS. The Morgan fingerprint density at radius 1 is 1.14 bits per heavy atom. The van der Waals surface area contributed by atoms with E-state index in [1.807, 2.05) is 0 Å². The summed E-state index contributed by atoms with van der Waals surface area (Å²) in [5, 5.41) is 0. The van der Waals surface area contributed by atoms with E-state index in [-0.39, 0.29) is 17.1 Å². The van der Waals surface area contributed by atoms with Gasteiger partial charge in [0, 0.05) is 34.9 Å². The van der Waals surface area contributed by atoms with Gasteiger partial charge in [0.05, 0.1) is 5.56 Å². The molecule has 0 spiro atoms. The maximum absolute atomic E-state index is 13.4. The van der Waals surface area contributed by atoms with Gasteiger partial charge in [-0.1, -0.05) is 0 Å². The van der Waals surface area contributed by atoms with Crippen molar-refractivity contribution in [2.45, 2.75) is 17.4 Å². The molecule has 1 unspecified atom stereocenters. The van der Waals surface area contributed by atoms with Gasteiger partial charge < -0.3 is 10.5 Å². The van der Waals surface area contributed by atoms with Gasteiger partial charge in [0.25, 0.3) is 6.43 Å². The average Bonchev–Trinajstić information content (AvgIpc) is 2.79. The highest BCUT2D eigenvalue weighted by molar-refractivity contribution is 7.99. The van der Waals surface area contributed by atoms with Crippen molar-refractivity contribution in [2.24, 2.45) is 5.73 Å². The first kappa shape index (κ1) is 15.2. The fraction of sp³-hybridized carbons (Fsp3) is 0.200. The van der Waals surface area contributed by atoms with Gasteiger partial charge in [-0.25, -0.2) is 17.6 Å². The number of hydrogen-bond acceptors (Lipinski definition) is 3. The third-order valence-corrected chi connectivity index (χ3v) is 4.47. The molecule has 3 rings (SSSR count). The molecule has 0 saturated carbocycles. The van der Waals surface area contributed by atoms with Gasteiger partial charge in [-0.05, 0) is 17.7 Å². The zero-order valence-corrected chi connectivity index (χ0v) is 12.0. The van der Waals surface area contributed by atoms with Crippen molar-refractivity contribution < 1.29 is 22.3 Å². The molecule has 2 N–H and O–H groups in total. The van der Waals surface area contributed by atoms with Gasteiger partial charge in [-0.2, -0.15) is 0 Å². The van der Waals surface area contributed by atoms with Gasteiger partial charge in [-0.3, -0.25) is 0 Å². The summed E-state index contributed by atoms with van der Waals surface area (Å²) in [5.74, 6) is -1.51. The number of ether oxygens (including phenoxy) is 1. The van der Waals surface area contributed by atoms with Crippen molar-refractivity contribution in [1.82, 2.24) is 0 Å². The third-order valence-electron chi connectivity index (χ3n) is 3.28. The molecule has 0 fully saturated rings. The van der Waals surface area contributed by atoms with E-state index < -0.39 is 24.1 Å². The number of hydrogen-bond donors (Lipinski definition) is 1. The molecule has 2 nitrogen and oxygen atoms in total. The SMILES string of the molecule is NC1CSc2ccc(Oc3cc(F)cc(F)c3)c(C(F)F)c21. The number of benzene rings is 2. The standard InChI is InChI=1S/C15H11F4NOS/c16-7-3-8(17)5-9(4-7)21-11-1-2-12-13(10(20)6-22-12)14(11)15(18)19/h1-5,10,15H,6,20H2. The normalized spacial score (nSPS) is 16.9. The van der Waals surface area contributed by atoms with E-state index in [0.717, 1.165) is 12.1 Å². The fourth-order valence-electron chi connectivity index (χ4n) is 2.40. The van der Waals surface area contributed by atoms with E-state index in [1.165, 1.54) is 17.8 Å². The maximum atomic E-state index is 13.4. The van der Waals surface area contributed by atoms with Crippen LogP contribution in [-0.2, 0) is 0 Å². The van der Waals surface area contributed by atoms with Crippen LogP contribution in [0.1, 0.15) is 23.6 Å². The summed E-state index contributed by atoms with van der Waals surface area (Å²) in [6, 6.07) is 5.02. The van der Waals surface area contributed by atoms with Gasteiger partial charge in [0.2, 0.25) is 0 Å². The molecule has 0 amide bonds. The van der Waals surface area contributed by atoms with Gasteiger partial charge in [-0.15, -0.1) is 11.8 Å². The minimum atomic E-state index is -2.80. The summed E-state index contributed by atoms with van der Waals surface area (Å²) in [4.78, 5) is 0.681. The van der Waals surface area contributed by atoms with Crippen LogP contribution in [0.5, 0.6) is 11.5 Å². The van der Waals surface area contributed by atoms with E-state index in [9.17, 15) is 17.6 Å². The minimum Gasteiger partial charge on any atom is -0.457 e. The fourth-order valence-corrected chi connectivity index (χ4v) is 3.50. The van der Waals surface area contributed by atoms with Crippen LogP contribution >= 0.6 is 11.8 Å². The second kappa shape index (κ2) is 5.81. The average molecular weight is 329 g/mol. The molecular weight excluding hydrogens is 318 g/mol. The second-order valence-electron chi connectivity index (χ2n) is 4.81. The molecule has 1 aliphatic rings. The highest BCUT2D eigenvalue weighted by Crippen LogP contribution is 2.46. The van der Waals surface area contributed by atoms with Crippen LogP contribution in [-0.4, -0.2) is 5.75 Å². The Morgan fingerprint density at radius 3 is 2.45 bits per heavy atom. The van der Waals surface area contributed by atoms with E-state index in [0.29, 0.717) is 22.3 Å². The van der Waals surface area contributed by atoms with Crippen LogP contribution in [0, 0.1) is 11.6 Å². The molecule has 0 bridgehead atoms. The van der Waals surface area contributed by atoms with Crippen LogP contribution in [0.2, 0.25) is 0 Å². The zero-order chi connectivity index (χ0) is 15.9. The van der Waals surface area contributed by atoms with Crippen molar-refractivity contribution in [3.63, 3.8) is 0 Å². The summed E-state index contributed by atoms with van der Waals surface area (Å²) in [6.45, 7) is 0. The maximum Gasteiger partial charge on any atom is 0.267 e. The van der Waals surface area contributed by atoms with Crippen molar-refractivity contribution in [3.05, 3.63) is 53.1 Å². The van der Waals surface area contributed by atoms with Crippen LogP contribution in [0.3, 0.4) is 0 Å². The Labute approximate surface area is 128 Å². The Morgan fingerprint density at radius 2 is 1.82 bits per heavy atom. The molecule has 2 aromatic carbocycles. The van der Waals surface area contributed by atoms with Crippen LogP contribution < -0.4 is 10.5 Å². The van der Waals surface area contributed by atoms with Crippen molar-refractivity contribution in [1.29, 1.82) is 0 Å². The molecule has 0 aromatic heterocycles. The quantitative estimate of drug-likeness (QED) is 0.822. The summed E-state index contributed by atoms with van der Waals surface area (Å²) < 4.78 is 58.5. The lowest BCUT2D eigenvalue weighted by Crippen LogP contribution is -2.12. The van der Waals surface area contributed by atoms with E-state index in [4.69, 9.17) is 10.5 Å². The second-order valence-corrected chi connectivity index (χ2v) is 5.88. The monoisotopic (exact) mass is 329 g/mol. The van der Waals surface area contributed by atoms with Gasteiger partial charge in [0.1, 0.15) is 23.1 Å². The number of fused-ring (bicyclic) bond motifs is 1. The summed E-state index contributed by atoms with van der Waals surface area (Å²) in [7, 11) is 0. The first-order chi connectivity index (χ1) is 10.5.